The number of methoxy groups -OCH3 is 1. The maximum Gasteiger partial charge on any atom is 0.142 e. The third kappa shape index (κ3) is 3.78. The highest BCUT2D eigenvalue weighted by Crippen LogP contribution is 2.22. The number of hydrogen-bond donors (Lipinski definition) is 0. The molecule has 116 valence electrons. The molecule has 2 aromatic heterocycles. The largest absolute Gasteiger partial charge is 0.490 e. The Bertz CT molecular complexity index is 567. The first-order chi connectivity index (χ1) is 10.8. The van der Waals surface area contributed by atoms with Gasteiger partial charge in [-0.15, -0.1) is 0 Å². The Hall–Kier alpha value is -2.05. The molecule has 22 heavy (non-hydrogen) atoms. The maximum atomic E-state index is 5.85. The fourth-order valence-electron chi connectivity index (χ4n) is 2.69. The van der Waals surface area contributed by atoms with E-state index in [1.54, 1.807) is 31.9 Å². The molecule has 1 fully saturated rings. The summed E-state index contributed by atoms with van der Waals surface area (Å²) >= 11 is 0. The highest BCUT2D eigenvalue weighted by atomic mass is 16.5. The second-order valence-corrected chi connectivity index (χ2v) is 5.34. The van der Waals surface area contributed by atoms with Crippen molar-refractivity contribution in [3.05, 3.63) is 48.8 Å². The van der Waals surface area contributed by atoms with Gasteiger partial charge in [-0.05, 0) is 24.6 Å². The highest BCUT2D eigenvalue weighted by Gasteiger charge is 2.33. The lowest BCUT2D eigenvalue weighted by Crippen LogP contribution is -2.34. The summed E-state index contributed by atoms with van der Waals surface area (Å²) in [6.45, 7) is 2.19. The van der Waals surface area contributed by atoms with Crippen LogP contribution in [-0.4, -0.2) is 52.3 Å². The van der Waals surface area contributed by atoms with Crippen LogP contribution in [0, 0.1) is 0 Å². The van der Waals surface area contributed by atoms with E-state index >= 15 is 0 Å². The molecule has 0 spiro atoms. The maximum absolute atomic E-state index is 5.85. The molecular weight excluding hydrogens is 280 g/mol. The van der Waals surface area contributed by atoms with Crippen molar-refractivity contribution in [2.75, 3.05) is 20.3 Å². The first kappa shape index (κ1) is 14.9. The molecule has 0 aromatic carbocycles. The molecular formula is C16H20N4O2. The standard InChI is InChI=1S/C16H20N4O2/c1-21-15-8-13(12-22-14-4-2-5-17-9-14)20(10-15)11-16-18-6-3-7-19-16/h2-7,9,13,15H,8,10-12H2,1H3/t13-,15+/m0/s1. The Kier molecular flexibility index (Phi) is 4.92. The zero-order valence-corrected chi connectivity index (χ0v) is 12.6. The summed E-state index contributed by atoms with van der Waals surface area (Å²) in [5.74, 6) is 1.62. The summed E-state index contributed by atoms with van der Waals surface area (Å²) < 4.78 is 11.4. The van der Waals surface area contributed by atoms with Crippen LogP contribution in [0.15, 0.2) is 43.0 Å². The van der Waals surface area contributed by atoms with Gasteiger partial charge < -0.3 is 9.47 Å². The van der Waals surface area contributed by atoms with Gasteiger partial charge in [0.05, 0.1) is 18.8 Å². The summed E-state index contributed by atoms with van der Waals surface area (Å²) in [6, 6.07) is 5.90. The van der Waals surface area contributed by atoms with Crippen LogP contribution in [0.1, 0.15) is 12.2 Å². The lowest BCUT2D eigenvalue weighted by Gasteiger charge is -2.23. The fourth-order valence-corrected chi connectivity index (χ4v) is 2.69. The molecule has 6 nitrogen and oxygen atoms in total. The van der Waals surface area contributed by atoms with Crippen LogP contribution in [0.5, 0.6) is 5.75 Å². The number of aromatic nitrogens is 3. The predicted molar refractivity (Wildman–Crippen MR) is 81.4 cm³/mol. The minimum absolute atomic E-state index is 0.228. The predicted octanol–water partition coefficient (Wildman–Crippen LogP) is 1.54. The van der Waals surface area contributed by atoms with Crippen LogP contribution < -0.4 is 4.74 Å². The van der Waals surface area contributed by atoms with Gasteiger partial charge >= 0.3 is 0 Å². The highest BCUT2D eigenvalue weighted by molar-refractivity contribution is 5.15. The van der Waals surface area contributed by atoms with Gasteiger partial charge in [0.1, 0.15) is 18.2 Å². The van der Waals surface area contributed by atoms with E-state index in [1.807, 2.05) is 18.2 Å². The van der Waals surface area contributed by atoms with Crippen LogP contribution >= 0.6 is 0 Å². The lowest BCUT2D eigenvalue weighted by molar-refractivity contribution is 0.106. The molecule has 6 heteroatoms. The third-order valence-corrected chi connectivity index (χ3v) is 3.86. The monoisotopic (exact) mass is 300 g/mol. The van der Waals surface area contributed by atoms with Crippen molar-refractivity contribution in [2.24, 2.45) is 0 Å². The average Bonchev–Trinajstić information content (AvgIpc) is 2.97. The number of ether oxygens (including phenoxy) is 2. The number of rotatable bonds is 6. The molecule has 2 aromatic rings. The summed E-state index contributed by atoms with van der Waals surface area (Å²) in [6.07, 6.45) is 8.19. The minimum Gasteiger partial charge on any atom is -0.490 e. The minimum atomic E-state index is 0.228. The molecule has 0 N–H and O–H groups in total. The van der Waals surface area contributed by atoms with Crippen LogP contribution in [0.3, 0.4) is 0 Å². The second-order valence-electron chi connectivity index (χ2n) is 5.34. The van der Waals surface area contributed by atoms with Crippen molar-refractivity contribution in [1.29, 1.82) is 0 Å². The normalized spacial score (nSPS) is 21.9. The van der Waals surface area contributed by atoms with Crippen molar-refractivity contribution in [3.8, 4) is 5.75 Å². The topological polar surface area (TPSA) is 60.4 Å². The molecule has 1 aliphatic heterocycles. The quantitative estimate of drug-likeness (QED) is 0.806. The number of nitrogens with zero attached hydrogens (tertiary/aromatic N) is 4. The van der Waals surface area contributed by atoms with Crippen LogP contribution in [0.4, 0.5) is 0 Å². The molecule has 0 aliphatic carbocycles. The van der Waals surface area contributed by atoms with Gasteiger partial charge in [-0.2, -0.15) is 0 Å². The van der Waals surface area contributed by atoms with Crippen molar-refractivity contribution >= 4 is 0 Å². The molecule has 0 saturated carbocycles. The third-order valence-electron chi connectivity index (χ3n) is 3.86. The zero-order chi connectivity index (χ0) is 15.2. The molecule has 1 saturated heterocycles. The Morgan fingerprint density at radius 3 is 2.82 bits per heavy atom. The van der Waals surface area contributed by atoms with Crippen molar-refractivity contribution in [1.82, 2.24) is 19.9 Å². The summed E-state index contributed by atoms with van der Waals surface area (Å²) in [7, 11) is 1.76. The molecule has 0 amide bonds. The molecule has 3 rings (SSSR count). The van der Waals surface area contributed by atoms with E-state index < -0.39 is 0 Å². The smallest absolute Gasteiger partial charge is 0.142 e. The number of likely N-dealkylation sites (tertiary alicyclic amines) is 1. The second kappa shape index (κ2) is 7.29. The Balaban J connectivity index is 1.62. The van der Waals surface area contributed by atoms with Gasteiger partial charge in [-0.3, -0.25) is 9.88 Å². The van der Waals surface area contributed by atoms with Crippen LogP contribution in [0.2, 0.25) is 0 Å². The molecule has 2 atom stereocenters. The van der Waals surface area contributed by atoms with Gasteiger partial charge in [0.25, 0.3) is 0 Å². The van der Waals surface area contributed by atoms with E-state index in [-0.39, 0.29) is 12.1 Å². The van der Waals surface area contributed by atoms with Crippen molar-refractivity contribution in [2.45, 2.75) is 25.1 Å². The van der Waals surface area contributed by atoms with Crippen LogP contribution in [0.25, 0.3) is 0 Å². The molecule has 3 heterocycles. The van der Waals surface area contributed by atoms with Gasteiger partial charge in [0.2, 0.25) is 0 Å². The first-order valence-corrected chi connectivity index (χ1v) is 7.40. The number of hydrogen-bond acceptors (Lipinski definition) is 6. The van der Waals surface area contributed by atoms with E-state index in [0.717, 1.165) is 24.5 Å². The van der Waals surface area contributed by atoms with Gasteiger partial charge in [0.15, 0.2) is 0 Å². The lowest BCUT2D eigenvalue weighted by atomic mass is 10.2. The van der Waals surface area contributed by atoms with Gasteiger partial charge in [-0.25, -0.2) is 9.97 Å². The van der Waals surface area contributed by atoms with E-state index in [2.05, 4.69) is 19.9 Å². The molecule has 1 aliphatic rings. The molecule has 0 bridgehead atoms. The SMILES string of the molecule is CO[C@@H]1C[C@@H](COc2cccnc2)N(Cc2ncccn2)C1. The average molecular weight is 300 g/mol. The molecule has 0 radical (unpaired) electrons. The summed E-state index contributed by atoms with van der Waals surface area (Å²) in [4.78, 5) is 15.0. The van der Waals surface area contributed by atoms with E-state index in [0.29, 0.717) is 13.2 Å². The van der Waals surface area contributed by atoms with Crippen LogP contribution in [-0.2, 0) is 11.3 Å². The first-order valence-electron chi connectivity index (χ1n) is 7.40. The zero-order valence-electron chi connectivity index (χ0n) is 12.6. The Morgan fingerprint density at radius 1 is 1.23 bits per heavy atom. The molecule has 0 unspecified atom stereocenters. The van der Waals surface area contributed by atoms with Gasteiger partial charge in [-0.1, -0.05) is 0 Å². The summed E-state index contributed by atoms with van der Waals surface area (Å²) in [5.41, 5.74) is 0. The summed E-state index contributed by atoms with van der Waals surface area (Å²) in [5, 5.41) is 0. The van der Waals surface area contributed by atoms with Crippen molar-refractivity contribution in [3.63, 3.8) is 0 Å². The van der Waals surface area contributed by atoms with E-state index in [1.165, 1.54) is 0 Å². The Labute approximate surface area is 130 Å². The fraction of sp³-hybridized carbons (Fsp3) is 0.438. The Morgan fingerprint density at radius 2 is 2.09 bits per heavy atom. The number of pyridine rings is 1. The van der Waals surface area contributed by atoms with Gasteiger partial charge in [0, 0.05) is 38.3 Å². The van der Waals surface area contributed by atoms with E-state index in [4.69, 9.17) is 9.47 Å². The van der Waals surface area contributed by atoms with E-state index in [9.17, 15) is 0 Å². The van der Waals surface area contributed by atoms with Crippen molar-refractivity contribution < 1.29 is 9.47 Å².